The molecule has 30 nitrogen and oxygen atoms in total. The first kappa shape index (κ1) is 84.1. The number of nitrogens with zero attached hydrogens (tertiary/aromatic N) is 4. The largest absolute Gasteiger partial charge is 0.497 e. The zero-order chi connectivity index (χ0) is 80.4. The van der Waals surface area contributed by atoms with E-state index >= 15 is 33.2 Å². The van der Waals surface area contributed by atoms with Crippen molar-refractivity contribution in [3.8, 4) is 5.75 Å². The second-order valence-electron chi connectivity index (χ2n) is 31.1. The molecule has 12 amide bonds. The van der Waals surface area contributed by atoms with Gasteiger partial charge in [0.25, 0.3) is 0 Å². The third-order valence-corrected chi connectivity index (χ3v) is 21.4. The third kappa shape index (κ3) is 22.7. The van der Waals surface area contributed by atoms with Gasteiger partial charge in [0.2, 0.25) is 70.9 Å². The van der Waals surface area contributed by atoms with Crippen LogP contribution in [0.15, 0.2) is 91.1 Å². The average Bonchev–Trinajstić information content (AvgIpc) is 1.62. The Labute approximate surface area is 651 Å². The van der Waals surface area contributed by atoms with Gasteiger partial charge in [0.1, 0.15) is 66.0 Å². The van der Waals surface area contributed by atoms with Crippen LogP contribution in [-0.4, -0.2) is 229 Å². The molecule has 11 N–H and O–H groups in total. The number of carbonyl (C=O) groups is 12. The molecule has 0 aliphatic carbocycles. The van der Waals surface area contributed by atoms with E-state index in [1.54, 1.807) is 67.7 Å². The lowest BCUT2D eigenvalue weighted by atomic mass is 9.95. The molecule has 5 aliphatic rings. The molecular formula is C81H108FN14O16+. The Hall–Kier alpha value is -10.4. The van der Waals surface area contributed by atoms with E-state index < -0.39 is 150 Å². The summed E-state index contributed by atoms with van der Waals surface area (Å²) in [4.78, 5) is 180. The number of halogens is 1. The molecule has 0 spiro atoms. The number of aliphatic hydroxyl groups is 1. The van der Waals surface area contributed by atoms with E-state index in [9.17, 15) is 33.9 Å². The van der Waals surface area contributed by atoms with Gasteiger partial charge in [-0.25, -0.2) is 4.39 Å². The van der Waals surface area contributed by atoms with E-state index in [0.29, 0.717) is 88.7 Å². The lowest BCUT2D eigenvalue weighted by Crippen LogP contribution is -2.64. The Kier molecular flexibility index (Phi) is 29.1. The van der Waals surface area contributed by atoms with E-state index in [1.165, 1.54) is 38.0 Å². The number of fused-ring (bicyclic) bond motifs is 12. The molecule has 0 saturated carbocycles. The zero-order valence-electron chi connectivity index (χ0n) is 65.0. The topological polar surface area (TPSA) is 384 Å². The molecule has 0 unspecified atom stereocenters. The van der Waals surface area contributed by atoms with Crippen molar-refractivity contribution >= 4 is 81.8 Å². The van der Waals surface area contributed by atoms with Crippen LogP contribution >= 0.6 is 0 Å². The van der Waals surface area contributed by atoms with Crippen molar-refractivity contribution < 1.29 is 85.7 Å². The van der Waals surface area contributed by atoms with Gasteiger partial charge in [-0.05, 0) is 148 Å². The van der Waals surface area contributed by atoms with Crippen molar-refractivity contribution in [3.63, 3.8) is 0 Å². The van der Waals surface area contributed by atoms with Crippen LogP contribution in [0.1, 0.15) is 130 Å². The van der Waals surface area contributed by atoms with E-state index in [4.69, 9.17) is 14.2 Å². The number of carbonyl (C=O) groups excluding carboxylic acids is 12. The second kappa shape index (κ2) is 38.7. The van der Waals surface area contributed by atoms with Gasteiger partial charge in [-0.2, -0.15) is 0 Å². The van der Waals surface area contributed by atoms with E-state index in [-0.39, 0.29) is 97.3 Å². The van der Waals surface area contributed by atoms with Crippen LogP contribution in [0.4, 0.5) is 4.39 Å². The minimum absolute atomic E-state index is 0.0274. The minimum atomic E-state index is -1.86. The van der Waals surface area contributed by atoms with Gasteiger partial charge in [0.05, 0.1) is 53.6 Å². The molecule has 6 heterocycles. The molecule has 2 fully saturated rings. The maximum absolute atomic E-state index is 16.2. The number of rotatable bonds is 12. The highest BCUT2D eigenvalue weighted by Crippen LogP contribution is 2.32. The molecule has 10 atom stereocenters. The van der Waals surface area contributed by atoms with Crippen LogP contribution in [0.3, 0.4) is 0 Å². The molecule has 2 saturated heterocycles. The highest BCUT2D eigenvalue weighted by atomic mass is 19.1. The first-order chi connectivity index (χ1) is 53.5. The molecule has 31 heteroatoms. The van der Waals surface area contributed by atoms with Crippen LogP contribution in [0.5, 0.6) is 5.75 Å². The highest BCUT2D eigenvalue weighted by molar-refractivity contribution is 6.00. The fourth-order valence-corrected chi connectivity index (χ4v) is 15.0. The maximum Gasteiger partial charge on any atom is 0.246 e. The number of quaternary nitrogens is 1. The third-order valence-electron chi connectivity index (χ3n) is 21.4. The Balaban J connectivity index is 1.08. The van der Waals surface area contributed by atoms with Crippen LogP contribution in [-0.2, 0) is 119 Å². The summed E-state index contributed by atoms with van der Waals surface area (Å²) in [6, 6.07) is 11.9. The summed E-state index contributed by atoms with van der Waals surface area (Å²) in [5.74, 6) is -9.33. The second-order valence-corrected chi connectivity index (χ2v) is 31.1. The zero-order valence-corrected chi connectivity index (χ0v) is 65.0. The minimum Gasteiger partial charge on any atom is -0.497 e. The lowest BCUT2D eigenvalue weighted by molar-refractivity contribution is -0.870. The molecule has 5 aliphatic heterocycles. The molecule has 1 aromatic heterocycles. The van der Waals surface area contributed by atoms with Gasteiger partial charge in [-0.3, -0.25) is 57.5 Å². The van der Waals surface area contributed by atoms with Crippen molar-refractivity contribution in [1.29, 1.82) is 0 Å². The number of ether oxygens (including phenoxy) is 3. The fourth-order valence-electron chi connectivity index (χ4n) is 15.0. The average molecular weight is 1550 g/mol. The van der Waals surface area contributed by atoms with Crippen LogP contribution in [0, 0.1) is 5.82 Å². The maximum atomic E-state index is 16.2. The number of benzene rings is 4. The number of hydrogen-bond donors (Lipinski definition) is 11. The molecule has 112 heavy (non-hydrogen) atoms. The van der Waals surface area contributed by atoms with Crippen LogP contribution in [0.2, 0.25) is 0 Å². The first-order valence-corrected chi connectivity index (χ1v) is 38.8. The quantitative estimate of drug-likeness (QED) is 0.0624. The van der Waals surface area contributed by atoms with Gasteiger partial charge in [0, 0.05) is 108 Å². The Morgan fingerprint density at radius 2 is 1.43 bits per heavy atom. The van der Waals surface area contributed by atoms with Gasteiger partial charge in [-0.1, -0.05) is 54.6 Å². The van der Waals surface area contributed by atoms with Crippen LogP contribution < -0.4 is 57.9 Å². The van der Waals surface area contributed by atoms with Crippen molar-refractivity contribution in [2.24, 2.45) is 0 Å². The van der Waals surface area contributed by atoms with E-state index in [0.717, 1.165) is 34.3 Å². The van der Waals surface area contributed by atoms with Gasteiger partial charge >= 0.3 is 0 Å². The SMILES string of the molecule is COc1ccc(C[C@@H]2NC(=O)[C@H]([C@@H](C)O)NC(=O)[C@@H]3[C@@H]4CCN3C(=O)[C@@H]3Cc5cn(c6ccc(F)cc56)CCCCOCc5cc(ccc5CNC(=O)CCC(=O)N[C@@H](C)C(=O)N[C@H](CNC(=O)CCCCC[N+](C)(C)C)C(=O)N[C@@H](Cc5cccc(c5)CNC(=O)CO4)C(=O)N3)CCNC(=O)[C@]3(C)CCCN3C2=O)cc1. The number of unbranched alkanes of at least 4 members (excludes halogenated alkanes) is 2. The summed E-state index contributed by atoms with van der Waals surface area (Å²) >= 11 is 0. The lowest BCUT2D eigenvalue weighted by Gasteiger charge is -2.37. The molecule has 0 radical (unpaired) electrons. The first-order valence-electron chi connectivity index (χ1n) is 38.8. The predicted octanol–water partition coefficient (Wildman–Crippen LogP) is 1.59. The number of aliphatic hydroxyl groups excluding tert-OH is 1. The van der Waals surface area contributed by atoms with Crippen molar-refractivity contribution in [2.75, 3.05) is 74.2 Å². The monoisotopic (exact) mass is 1550 g/mol. The summed E-state index contributed by atoms with van der Waals surface area (Å²) in [5, 5.41) is 39.9. The van der Waals surface area contributed by atoms with Crippen molar-refractivity contribution in [2.45, 2.75) is 203 Å². The van der Waals surface area contributed by atoms with E-state index in [1.807, 2.05) is 22.8 Å². The van der Waals surface area contributed by atoms with Crippen molar-refractivity contribution in [1.82, 2.24) is 67.5 Å². The standard InChI is InChI=1S/C81H107FN14O16/c1-49-73(102)91-64(45-86-67(98)17-9-8-11-35-96(4,5)6)75(104)88-61-40-53-15-13-16-54(37-53)43-84-70(101)48-112-66-29-34-94-72(66)77(106)92-71(50(2)97)76(105)90-62(39-51-19-23-59(110-7)24-20-51)79(108)95-33-14-30-81(95,3)80(109)83-31-28-52-18-21-55(44-85-68(99)26-27-69(100)87-49)57(38-52)47-111-36-12-10-32-93-46-56(41-63(78(94)107)89-74(61)103)60-42-58(82)22-25-65(60)93/h13,15-16,18-25,37-38,42,46,49-50,61-64,66,71-72,97H,8-12,14,17,26-36,39-41,43-45,47-48H2,1-7H3,(H9-,83,84,85,86,87,88,89,90,91,92,98,99,100,101,102,103,104,105,106,109)/p+1/t49-,50+,61-,62-,63-,64+,66-,71-,72-,81-/m0/s1. The predicted molar refractivity (Wildman–Crippen MR) is 410 cm³/mol. The highest BCUT2D eigenvalue weighted by Gasteiger charge is 2.50. The van der Waals surface area contributed by atoms with E-state index in [2.05, 4.69) is 74.3 Å². The number of aryl methyl sites for hydroxylation is 1. The Morgan fingerprint density at radius 3 is 2.20 bits per heavy atom. The van der Waals surface area contributed by atoms with Crippen LogP contribution in [0.25, 0.3) is 10.9 Å². The summed E-state index contributed by atoms with van der Waals surface area (Å²) in [7, 11) is 7.68. The molecule has 604 valence electrons. The molecule has 5 aromatic rings. The summed E-state index contributed by atoms with van der Waals surface area (Å²) < 4.78 is 36.5. The normalized spacial score (nSPS) is 24.8. The number of amides is 12. The number of hydrogen-bond acceptors (Lipinski definition) is 16. The molecule has 10 rings (SSSR count). The summed E-state index contributed by atoms with van der Waals surface area (Å²) in [5.41, 5.74) is 3.23. The Morgan fingerprint density at radius 1 is 0.679 bits per heavy atom. The summed E-state index contributed by atoms with van der Waals surface area (Å²) in [6.07, 6.45) is 1.30. The number of nitrogens with one attached hydrogen (secondary N) is 10. The molecule has 4 aromatic carbocycles. The van der Waals surface area contributed by atoms with Gasteiger partial charge in [0.15, 0.2) is 0 Å². The van der Waals surface area contributed by atoms with Crippen molar-refractivity contribution in [3.05, 3.63) is 136 Å². The van der Waals surface area contributed by atoms with Gasteiger partial charge < -0.3 is 91.3 Å². The van der Waals surface area contributed by atoms with Gasteiger partial charge in [-0.15, -0.1) is 0 Å². The smallest absolute Gasteiger partial charge is 0.246 e. The number of methoxy groups -OCH3 is 1. The fraction of sp³-hybridized carbons (Fsp3) is 0.531. The summed E-state index contributed by atoms with van der Waals surface area (Å²) in [6.45, 7) is 4.58. The Bertz CT molecular complexity index is 4260. The molecule has 11 bridgehead atoms. The number of aromatic nitrogens is 1. The molecular weight excluding hydrogens is 1440 g/mol.